The second-order valence-corrected chi connectivity index (χ2v) is 5.85. The Bertz CT molecular complexity index is 365. The molecule has 1 N–H and O–H groups in total. The number of hydrogen-bond acceptors (Lipinski definition) is 3. The second-order valence-electron chi connectivity index (χ2n) is 4.38. The number of aryl methyl sites for hydroxylation is 1. The van der Waals surface area contributed by atoms with Gasteiger partial charge in [-0.3, -0.25) is 0 Å². The molecule has 1 aromatic carbocycles. The highest BCUT2D eigenvalue weighted by molar-refractivity contribution is 7.99. The van der Waals surface area contributed by atoms with Gasteiger partial charge in [-0.15, -0.1) is 0 Å². The van der Waals surface area contributed by atoms with Crippen molar-refractivity contribution in [3.05, 3.63) is 29.3 Å². The number of hydrogen-bond donors (Lipinski definition) is 1. The molecule has 1 aliphatic heterocycles. The van der Waals surface area contributed by atoms with Gasteiger partial charge in [-0.25, -0.2) is 0 Å². The zero-order valence-corrected chi connectivity index (χ0v) is 10.6. The molecule has 88 valence electrons. The molecule has 0 saturated heterocycles. The van der Waals surface area contributed by atoms with Crippen molar-refractivity contribution in [1.82, 2.24) is 0 Å². The van der Waals surface area contributed by atoms with E-state index in [1.54, 1.807) is 11.8 Å². The lowest BCUT2D eigenvalue weighted by Crippen LogP contribution is -2.18. The van der Waals surface area contributed by atoms with Gasteiger partial charge < -0.3 is 9.84 Å². The molecule has 2 unspecified atom stereocenters. The van der Waals surface area contributed by atoms with Gasteiger partial charge in [-0.1, -0.05) is 24.6 Å². The first-order valence-electron chi connectivity index (χ1n) is 5.67. The molecule has 0 saturated carbocycles. The van der Waals surface area contributed by atoms with E-state index in [-0.39, 0.29) is 12.7 Å². The minimum atomic E-state index is 0.240. The molecule has 0 spiro atoms. The molecule has 1 aromatic rings. The maximum atomic E-state index is 8.96. The molecule has 0 radical (unpaired) electrons. The molecule has 2 nitrogen and oxygen atoms in total. The Morgan fingerprint density at radius 1 is 1.56 bits per heavy atom. The number of ether oxygens (including phenoxy) is 1. The average molecular weight is 238 g/mol. The van der Waals surface area contributed by atoms with Crippen LogP contribution in [-0.4, -0.2) is 28.8 Å². The summed E-state index contributed by atoms with van der Waals surface area (Å²) < 4.78 is 5.85. The van der Waals surface area contributed by atoms with Crippen LogP contribution in [-0.2, 0) is 6.42 Å². The highest BCUT2D eigenvalue weighted by Crippen LogP contribution is 2.31. The molecule has 0 aromatic heterocycles. The zero-order valence-electron chi connectivity index (χ0n) is 9.77. The summed E-state index contributed by atoms with van der Waals surface area (Å²) in [6.07, 6.45) is 1.28. The predicted molar refractivity (Wildman–Crippen MR) is 68.3 cm³/mol. The molecule has 1 aliphatic rings. The van der Waals surface area contributed by atoms with Crippen molar-refractivity contribution in [1.29, 1.82) is 0 Å². The summed E-state index contributed by atoms with van der Waals surface area (Å²) in [6.45, 7) is 4.39. The van der Waals surface area contributed by atoms with Crippen molar-refractivity contribution < 1.29 is 9.84 Å². The van der Waals surface area contributed by atoms with Crippen LogP contribution in [0.15, 0.2) is 18.2 Å². The van der Waals surface area contributed by atoms with Crippen molar-refractivity contribution in [2.75, 3.05) is 12.4 Å². The third-order valence-corrected chi connectivity index (χ3v) is 4.06. The number of rotatable bonds is 4. The van der Waals surface area contributed by atoms with Gasteiger partial charge in [-0.05, 0) is 18.6 Å². The Labute approximate surface area is 101 Å². The van der Waals surface area contributed by atoms with Crippen LogP contribution in [0, 0.1) is 6.92 Å². The van der Waals surface area contributed by atoms with E-state index < -0.39 is 0 Å². The Morgan fingerprint density at radius 3 is 3.12 bits per heavy atom. The largest absolute Gasteiger partial charge is 0.489 e. The highest BCUT2D eigenvalue weighted by Gasteiger charge is 2.23. The quantitative estimate of drug-likeness (QED) is 0.873. The standard InChI is InChI=1S/C13H18O2S/c1-9-3-4-13-11(5-9)6-12(15-13)8-16-10(2)7-14/h3-5,10,12,14H,6-8H2,1-2H3. The third kappa shape index (κ3) is 2.71. The molecule has 1 heterocycles. The van der Waals surface area contributed by atoms with Gasteiger partial charge in [0.25, 0.3) is 0 Å². The number of fused-ring (bicyclic) bond motifs is 1. The van der Waals surface area contributed by atoms with Crippen LogP contribution in [0.3, 0.4) is 0 Å². The van der Waals surface area contributed by atoms with Crippen molar-refractivity contribution in [2.24, 2.45) is 0 Å². The van der Waals surface area contributed by atoms with Gasteiger partial charge in [-0.2, -0.15) is 11.8 Å². The topological polar surface area (TPSA) is 29.5 Å². The molecule has 3 heteroatoms. The van der Waals surface area contributed by atoms with E-state index in [1.165, 1.54) is 11.1 Å². The highest BCUT2D eigenvalue weighted by atomic mass is 32.2. The molecule has 0 bridgehead atoms. The number of benzene rings is 1. The Balaban J connectivity index is 1.90. The lowest BCUT2D eigenvalue weighted by Gasteiger charge is -2.12. The van der Waals surface area contributed by atoms with Gasteiger partial charge in [0, 0.05) is 17.4 Å². The molecule has 2 rings (SSSR count). The summed E-state index contributed by atoms with van der Waals surface area (Å²) in [6, 6.07) is 6.35. The van der Waals surface area contributed by atoms with E-state index >= 15 is 0 Å². The SMILES string of the molecule is Cc1ccc2c(c1)CC(CSC(C)CO)O2. The van der Waals surface area contributed by atoms with Crippen molar-refractivity contribution >= 4 is 11.8 Å². The van der Waals surface area contributed by atoms with Crippen LogP contribution in [0.5, 0.6) is 5.75 Å². The van der Waals surface area contributed by atoms with Gasteiger partial charge in [0.2, 0.25) is 0 Å². The fraction of sp³-hybridized carbons (Fsp3) is 0.538. The minimum absolute atomic E-state index is 0.240. The molecule has 0 amide bonds. The van der Waals surface area contributed by atoms with Crippen LogP contribution < -0.4 is 4.74 Å². The van der Waals surface area contributed by atoms with Crippen molar-refractivity contribution in [3.63, 3.8) is 0 Å². The van der Waals surface area contributed by atoms with E-state index in [9.17, 15) is 0 Å². The smallest absolute Gasteiger partial charge is 0.123 e. The first-order valence-corrected chi connectivity index (χ1v) is 6.72. The van der Waals surface area contributed by atoms with E-state index in [0.29, 0.717) is 5.25 Å². The molecule has 2 atom stereocenters. The van der Waals surface area contributed by atoms with Crippen LogP contribution in [0.25, 0.3) is 0 Å². The van der Waals surface area contributed by atoms with Crippen molar-refractivity contribution in [3.8, 4) is 5.75 Å². The van der Waals surface area contributed by atoms with E-state index in [0.717, 1.165) is 17.9 Å². The van der Waals surface area contributed by atoms with Gasteiger partial charge in [0.15, 0.2) is 0 Å². The third-order valence-electron chi connectivity index (χ3n) is 2.78. The maximum absolute atomic E-state index is 8.96. The van der Waals surface area contributed by atoms with Crippen LogP contribution >= 0.6 is 11.8 Å². The molecule has 0 aliphatic carbocycles. The first-order chi connectivity index (χ1) is 7.69. The van der Waals surface area contributed by atoms with E-state index in [1.807, 2.05) is 6.92 Å². The average Bonchev–Trinajstić information content (AvgIpc) is 2.67. The van der Waals surface area contributed by atoms with Gasteiger partial charge >= 0.3 is 0 Å². The number of aliphatic hydroxyl groups excluding tert-OH is 1. The summed E-state index contributed by atoms with van der Waals surface area (Å²) in [4.78, 5) is 0. The lowest BCUT2D eigenvalue weighted by atomic mass is 10.1. The number of thioether (sulfide) groups is 1. The van der Waals surface area contributed by atoms with Crippen molar-refractivity contribution in [2.45, 2.75) is 31.6 Å². The fourth-order valence-corrected chi connectivity index (χ4v) is 2.70. The summed E-state index contributed by atoms with van der Waals surface area (Å²) >= 11 is 1.77. The normalized spacial score (nSPS) is 20.3. The number of aliphatic hydroxyl groups is 1. The van der Waals surface area contributed by atoms with Gasteiger partial charge in [0.05, 0.1) is 6.61 Å². The molecular weight excluding hydrogens is 220 g/mol. The summed E-state index contributed by atoms with van der Waals surface area (Å²) in [5.74, 6) is 1.99. The first kappa shape index (κ1) is 11.8. The Kier molecular flexibility index (Phi) is 3.77. The Hall–Kier alpha value is -0.670. The second kappa shape index (κ2) is 5.11. The van der Waals surface area contributed by atoms with Crippen LogP contribution in [0.4, 0.5) is 0 Å². The fourth-order valence-electron chi connectivity index (χ4n) is 1.87. The lowest BCUT2D eigenvalue weighted by molar-refractivity contribution is 0.258. The summed E-state index contributed by atoms with van der Waals surface area (Å²) in [7, 11) is 0. The van der Waals surface area contributed by atoms with Gasteiger partial charge in [0.1, 0.15) is 11.9 Å². The predicted octanol–water partition coefficient (Wildman–Crippen LogP) is 2.41. The zero-order chi connectivity index (χ0) is 11.5. The minimum Gasteiger partial charge on any atom is -0.489 e. The molecule has 0 fully saturated rings. The molecular formula is C13H18O2S. The van der Waals surface area contributed by atoms with E-state index in [2.05, 4.69) is 25.1 Å². The molecule has 16 heavy (non-hydrogen) atoms. The maximum Gasteiger partial charge on any atom is 0.123 e. The summed E-state index contributed by atoms with van der Waals surface area (Å²) in [5.41, 5.74) is 2.61. The Morgan fingerprint density at radius 2 is 2.38 bits per heavy atom. The van der Waals surface area contributed by atoms with E-state index in [4.69, 9.17) is 9.84 Å². The van der Waals surface area contributed by atoms with Crippen LogP contribution in [0.1, 0.15) is 18.1 Å². The summed E-state index contributed by atoms with van der Waals surface area (Å²) in [5, 5.41) is 9.26. The monoisotopic (exact) mass is 238 g/mol. The van der Waals surface area contributed by atoms with Crippen LogP contribution in [0.2, 0.25) is 0 Å².